The molecule has 7 heteroatoms. The lowest BCUT2D eigenvalue weighted by Gasteiger charge is -2.36. The van der Waals surface area contributed by atoms with Gasteiger partial charge in [-0.25, -0.2) is 4.98 Å². The van der Waals surface area contributed by atoms with Crippen molar-refractivity contribution in [3.8, 4) is 11.1 Å². The molecule has 1 saturated heterocycles. The number of thioether (sulfide) groups is 1. The number of aliphatic hydroxyl groups is 1. The molecular formula is C37H34N2O4S. The van der Waals surface area contributed by atoms with Crippen molar-refractivity contribution in [3.05, 3.63) is 155 Å². The summed E-state index contributed by atoms with van der Waals surface area (Å²) in [6, 6.07) is 39.5. The number of rotatable bonds is 10. The largest absolute Gasteiger partial charge is 0.392 e. The van der Waals surface area contributed by atoms with Crippen LogP contribution in [0, 0.1) is 0 Å². The second-order valence-electron chi connectivity index (χ2n) is 10.7. The van der Waals surface area contributed by atoms with Crippen molar-refractivity contribution in [2.24, 2.45) is 0 Å². The maximum absolute atomic E-state index is 12.6. The Balaban J connectivity index is 1.19. The van der Waals surface area contributed by atoms with Crippen molar-refractivity contribution >= 4 is 17.7 Å². The molecule has 1 aromatic heterocycles. The average Bonchev–Trinajstić information content (AvgIpc) is 3.10. The fraction of sp³-hybridized carbons (Fsp3) is 0.189. The van der Waals surface area contributed by atoms with E-state index < -0.39 is 6.29 Å². The monoisotopic (exact) mass is 602 g/mol. The Morgan fingerprint density at radius 3 is 2.30 bits per heavy atom. The van der Waals surface area contributed by atoms with Crippen LogP contribution in [0.2, 0.25) is 0 Å². The lowest BCUT2D eigenvalue weighted by molar-refractivity contribution is -0.245. The van der Waals surface area contributed by atoms with Gasteiger partial charge in [0.05, 0.1) is 23.8 Å². The minimum Gasteiger partial charge on any atom is -0.392 e. The molecule has 6 nitrogen and oxygen atoms in total. The minimum atomic E-state index is -0.532. The zero-order valence-corrected chi connectivity index (χ0v) is 25.0. The molecule has 3 atom stereocenters. The van der Waals surface area contributed by atoms with Crippen LogP contribution in [0.5, 0.6) is 0 Å². The molecule has 222 valence electrons. The van der Waals surface area contributed by atoms with Gasteiger partial charge in [-0.1, -0.05) is 97.1 Å². The van der Waals surface area contributed by atoms with Crippen molar-refractivity contribution in [2.75, 3.05) is 5.75 Å². The number of amides is 1. The molecule has 2 N–H and O–H groups in total. The zero-order valence-electron chi connectivity index (χ0n) is 24.2. The van der Waals surface area contributed by atoms with Crippen molar-refractivity contribution in [3.63, 3.8) is 0 Å². The SMILES string of the molecule is O=C(NCc1ccccc1-c1ccc([C@@H]2O[C@H](CSc3ccccn3)C[C@H](c3ccc(CO)cc3)O2)cc1)c1ccccc1. The predicted octanol–water partition coefficient (Wildman–Crippen LogP) is 7.51. The van der Waals surface area contributed by atoms with E-state index in [1.54, 1.807) is 18.0 Å². The summed E-state index contributed by atoms with van der Waals surface area (Å²) < 4.78 is 13.0. The van der Waals surface area contributed by atoms with Gasteiger partial charge in [0, 0.05) is 36.0 Å². The summed E-state index contributed by atoms with van der Waals surface area (Å²) in [6.07, 6.45) is 1.80. The molecular weight excluding hydrogens is 568 g/mol. The van der Waals surface area contributed by atoms with E-state index in [-0.39, 0.29) is 24.7 Å². The smallest absolute Gasteiger partial charge is 0.251 e. The van der Waals surface area contributed by atoms with Gasteiger partial charge in [-0.3, -0.25) is 4.79 Å². The third kappa shape index (κ3) is 7.44. The van der Waals surface area contributed by atoms with Crippen molar-refractivity contribution in [1.82, 2.24) is 10.3 Å². The summed E-state index contributed by atoms with van der Waals surface area (Å²) >= 11 is 1.68. The standard InChI is InChI=1S/C37H34N2O4S/c40-24-26-13-15-28(16-14-26)34-22-32(25-44-35-12-6-7-21-38-35)42-37(43-34)30-19-17-27(18-20-30)33-11-5-4-10-31(33)23-39-36(41)29-8-2-1-3-9-29/h1-21,32,34,37,40H,22-25H2,(H,39,41)/t32-,34+,37+/m0/s1. The third-order valence-corrected chi connectivity index (χ3v) is 8.73. The number of hydrogen-bond donors (Lipinski definition) is 2. The second kappa shape index (κ2) is 14.5. The fourth-order valence-electron chi connectivity index (χ4n) is 5.28. The predicted molar refractivity (Wildman–Crippen MR) is 173 cm³/mol. The Bertz CT molecular complexity index is 1650. The molecule has 2 heterocycles. The quantitative estimate of drug-likeness (QED) is 0.161. The highest BCUT2D eigenvalue weighted by molar-refractivity contribution is 7.99. The van der Waals surface area contributed by atoms with E-state index in [9.17, 15) is 9.90 Å². The first-order valence-electron chi connectivity index (χ1n) is 14.7. The van der Waals surface area contributed by atoms with Crippen LogP contribution in [0.25, 0.3) is 11.1 Å². The normalized spacial score (nSPS) is 18.1. The van der Waals surface area contributed by atoms with Crippen LogP contribution in [-0.2, 0) is 22.6 Å². The van der Waals surface area contributed by atoms with E-state index >= 15 is 0 Å². The Hall–Kier alpha value is -4.27. The molecule has 0 radical (unpaired) electrons. The molecule has 6 rings (SSSR count). The average molecular weight is 603 g/mol. The molecule has 0 unspecified atom stereocenters. The number of aliphatic hydroxyl groups excluding tert-OH is 1. The first-order valence-corrected chi connectivity index (χ1v) is 15.7. The molecule has 1 amide bonds. The van der Waals surface area contributed by atoms with Crippen LogP contribution in [-0.4, -0.2) is 27.9 Å². The maximum atomic E-state index is 12.6. The van der Waals surface area contributed by atoms with Crippen molar-refractivity contribution in [2.45, 2.75) is 43.1 Å². The van der Waals surface area contributed by atoms with Crippen molar-refractivity contribution < 1.29 is 19.4 Å². The Labute approximate surface area is 262 Å². The molecule has 4 aromatic carbocycles. The molecule has 5 aromatic rings. The van der Waals surface area contributed by atoms with E-state index in [2.05, 4.69) is 40.6 Å². The van der Waals surface area contributed by atoms with E-state index in [0.717, 1.165) is 50.6 Å². The highest BCUT2D eigenvalue weighted by Gasteiger charge is 2.32. The van der Waals surface area contributed by atoms with E-state index in [4.69, 9.17) is 9.47 Å². The van der Waals surface area contributed by atoms with Gasteiger partial charge >= 0.3 is 0 Å². The zero-order chi connectivity index (χ0) is 30.1. The molecule has 1 aliphatic rings. The van der Waals surface area contributed by atoms with Gasteiger partial charge in [0.2, 0.25) is 0 Å². The van der Waals surface area contributed by atoms with Gasteiger partial charge in [0.25, 0.3) is 5.91 Å². The summed E-state index contributed by atoms with van der Waals surface area (Å²) in [5.41, 5.74) is 6.65. The second-order valence-corrected chi connectivity index (χ2v) is 11.7. The third-order valence-electron chi connectivity index (χ3n) is 7.66. The van der Waals surface area contributed by atoms with Gasteiger partial charge in [0.15, 0.2) is 6.29 Å². The Morgan fingerprint density at radius 2 is 1.55 bits per heavy atom. The van der Waals surface area contributed by atoms with Gasteiger partial charge < -0.3 is 19.9 Å². The number of carbonyl (C=O) groups is 1. The summed E-state index contributed by atoms with van der Waals surface area (Å²) in [5, 5.41) is 13.5. The summed E-state index contributed by atoms with van der Waals surface area (Å²) in [4.78, 5) is 17.1. The number of benzene rings is 4. The lowest BCUT2D eigenvalue weighted by Crippen LogP contribution is -2.31. The number of nitrogens with one attached hydrogen (secondary N) is 1. The van der Waals surface area contributed by atoms with Gasteiger partial charge in [0.1, 0.15) is 0 Å². The van der Waals surface area contributed by atoms with Crippen LogP contribution in [0.1, 0.15) is 51.4 Å². The number of aromatic nitrogens is 1. The summed E-state index contributed by atoms with van der Waals surface area (Å²) in [7, 11) is 0. The fourth-order valence-corrected chi connectivity index (χ4v) is 6.16. The minimum absolute atomic E-state index is 0.00968. The molecule has 0 bridgehead atoms. The molecule has 0 spiro atoms. The first-order chi connectivity index (χ1) is 21.7. The number of pyridine rings is 1. The summed E-state index contributed by atoms with van der Waals surface area (Å²) in [5.74, 6) is 0.654. The van der Waals surface area contributed by atoms with Crippen LogP contribution in [0.4, 0.5) is 0 Å². The van der Waals surface area contributed by atoms with Crippen LogP contribution < -0.4 is 5.32 Å². The number of ether oxygens (including phenoxy) is 2. The van der Waals surface area contributed by atoms with E-state index in [1.807, 2.05) is 91.0 Å². The van der Waals surface area contributed by atoms with E-state index in [0.29, 0.717) is 12.1 Å². The molecule has 44 heavy (non-hydrogen) atoms. The molecule has 1 fully saturated rings. The Kier molecular flexibility index (Phi) is 9.79. The Morgan fingerprint density at radius 1 is 0.818 bits per heavy atom. The lowest BCUT2D eigenvalue weighted by atomic mass is 9.97. The van der Waals surface area contributed by atoms with Gasteiger partial charge in [-0.05, 0) is 52.1 Å². The molecule has 0 saturated carbocycles. The topological polar surface area (TPSA) is 80.7 Å². The van der Waals surface area contributed by atoms with Crippen LogP contribution in [0.3, 0.4) is 0 Å². The maximum Gasteiger partial charge on any atom is 0.251 e. The number of hydrogen-bond acceptors (Lipinski definition) is 6. The van der Waals surface area contributed by atoms with E-state index in [1.165, 1.54) is 0 Å². The molecule has 1 aliphatic heterocycles. The highest BCUT2D eigenvalue weighted by atomic mass is 32.2. The van der Waals surface area contributed by atoms with Crippen LogP contribution in [0.15, 0.2) is 133 Å². The van der Waals surface area contributed by atoms with Gasteiger partial charge in [-0.15, -0.1) is 11.8 Å². The highest BCUT2D eigenvalue weighted by Crippen LogP contribution is 2.40. The summed E-state index contributed by atoms with van der Waals surface area (Å²) in [6.45, 7) is 0.433. The number of carbonyl (C=O) groups excluding carboxylic acids is 1. The molecule has 0 aliphatic carbocycles. The first kappa shape index (κ1) is 29.8. The number of nitrogens with zero attached hydrogens (tertiary/aromatic N) is 1. The van der Waals surface area contributed by atoms with Crippen LogP contribution >= 0.6 is 11.8 Å². The van der Waals surface area contributed by atoms with Gasteiger partial charge in [-0.2, -0.15) is 0 Å². The van der Waals surface area contributed by atoms with Crippen molar-refractivity contribution in [1.29, 1.82) is 0 Å².